The van der Waals surface area contributed by atoms with Crippen molar-refractivity contribution >= 4 is 23.2 Å². The van der Waals surface area contributed by atoms with Gasteiger partial charge in [0.15, 0.2) is 12.7 Å². The van der Waals surface area contributed by atoms with Crippen LogP contribution in [0, 0.1) is 6.92 Å². The molecule has 3 aromatic rings. The maximum atomic E-state index is 12.5. The number of nitrogens with zero attached hydrogens (tertiary/aromatic N) is 2. The Morgan fingerprint density at radius 1 is 1.28 bits per heavy atom. The molecule has 0 saturated heterocycles. The van der Waals surface area contributed by atoms with E-state index >= 15 is 0 Å². The molecule has 29 heavy (non-hydrogen) atoms. The Hall–Kier alpha value is -3.81. The number of anilines is 2. The van der Waals surface area contributed by atoms with Gasteiger partial charge in [-0.2, -0.15) is 0 Å². The van der Waals surface area contributed by atoms with Gasteiger partial charge in [-0.05, 0) is 38.1 Å². The minimum absolute atomic E-state index is 0.0483. The van der Waals surface area contributed by atoms with E-state index in [9.17, 15) is 9.59 Å². The molecule has 0 spiro atoms. The molecule has 1 atom stereocenters. The van der Waals surface area contributed by atoms with Crippen LogP contribution in [0.2, 0.25) is 0 Å². The first-order chi connectivity index (χ1) is 14.0. The minimum atomic E-state index is -0.760. The summed E-state index contributed by atoms with van der Waals surface area (Å²) in [5.74, 6) is 0.376. The highest BCUT2D eigenvalue weighted by Crippen LogP contribution is 2.30. The zero-order valence-electron chi connectivity index (χ0n) is 16.0. The summed E-state index contributed by atoms with van der Waals surface area (Å²) in [4.78, 5) is 23.9. The average molecular weight is 392 g/mol. The normalized spacial score (nSPS) is 13.7. The second-order valence-electron chi connectivity index (χ2n) is 6.69. The molecule has 1 aromatic heterocycles. The molecule has 8 heteroatoms. The lowest BCUT2D eigenvalue weighted by atomic mass is 10.2. The van der Waals surface area contributed by atoms with E-state index in [1.807, 2.05) is 43.5 Å². The quantitative estimate of drug-likeness (QED) is 0.696. The maximum absolute atomic E-state index is 12.5. The molecule has 2 heterocycles. The summed E-state index contributed by atoms with van der Waals surface area (Å²) in [7, 11) is 0. The topological polar surface area (TPSA) is 94.5 Å². The van der Waals surface area contributed by atoms with Crippen LogP contribution in [0.1, 0.15) is 12.5 Å². The third-order valence-corrected chi connectivity index (χ3v) is 4.41. The van der Waals surface area contributed by atoms with E-state index in [-0.39, 0.29) is 18.4 Å². The zero-order valence-corrected chi connectivity index (χ0v) is 16.0. The highest BCUT2D eigenvalue weighted by atomic mass is 16.5. The maximum Gasteiger partial charge on any atom is 0.265 e. The number of nitrogens with one attached hydrogen (secondary N) is 2. The SMILES string of the molecule is Cc1cn(-c2ccccc2)nc1O[C@H](C)C(=O)Nc1ccc2c(c1)OCC(=O)N2. The number of ether oxygens (including phenoxy) is 2. The van der Waals surface area contributed by atoms with Crippen molar-refractivity contribution in [3.8, 4) is 17.3 Å². The monoisotopic (exact) mass is 392 g/mol. The Morgan fingerprint density at radius 2 is 2.07 bits per heavy atom. The number of hydrogen-bond donors (Lipinski definition) is 2. The van der Waals surface area contributed by atoms with E-state index < -0.39 is 6.10 Å². The van der Waals surface area contributed by atoms with Crippen molar-refractivity contribution in [3.05, 3.63) is 60.3 Å². The lowest BCUT2D eigenvalue weighted by molar-refractivity contribution is -0.122. The molecular weight excluding hydrogens is 372 g/mol. The first-order valence-electron chi connectivity index (χ1n) is 9.15. The van der Waals surface area contributed by atoms with Crippen LogP contribution in [-0.4, -0.2) is 34.3 Å². The molecule has 0 saturated carbocycles. The molecule has 2 N–H and O–H groups in total. The van der Waals surface area contributed by atoms with Crippen LogP contribution in [0.25, 0.3) is 5.69 Å². The number of aryl methyl sites for hydroxylation is 1. The summed E-state index contributed by atoms with van der Waals surface area (Å²) >= 11 is 0. The zero-order chi connectivity index (χ0) is 20.4. The smallest absolute Gasteiger partial charge is 0.265 e. The van der Waals surface area contributed by atoms with E-state index in [0.717, 1.165) is 11.3 Å². The minimum Gasteiger partial charge on any atom is -0.482 e. The van der Waals surface area contributed by atoms with Gasteiger partial charge in [0, 0.05) is 23.5 Å². The van der Waals surface area contributed by atoms with Crippen LogP contribution in [0.15, 0.2) is 54.7 Å². The molecule has 2 amide bonds. The first kappa shape index (κ1) is 18.5. The van der Waals surface area contributed by atoms with Crippen LogP contribution in [0.3, 0.4) is 0 Å². The fourth-order valence-electron chi connectivity index (χ4n) is 2.89. The van der Waals surface area contributed by atoms with Crippen LogP contribution in [0.5, 0.6) is 11.6 Å². The number of para-hydroxylation sites is 1. The number of carbonyl (C=O) groups is 2. The molecule has 8 nitrogen and oxygen atoms in total. The Balaban J connectivity index is 1.43. The van der Waals surface area contributed by atoms with Gasteiger partial charge in [0.2, 0.25) is 5.88 Å². The highest BCUT2D eigenvalue weighted by Gasteiger charge is 2.20. The van der Waals surface area contributed by atoms with Crippen LogP contribution >= 0.6 is 0 Å². The number of aromatic nitrogens is 2. The number of hydrogen-bond acceptors (Lipinski definition) is 5. The Labute approximate surface area is 167 Å². The fraction of sp³-hybridized carbons (Fsp3) is 0.190. The van der Waals surface area contributed by atoms with Gasteiger partial charge in [-0.15, -0.1) is 5.10 Å². The van der Waals surface area contributed by atoms with E-state index in [1.165, 1.54) is 0 Å². The molecule has 0 unspecified atom stereocenters. The van der Waals surface area contributed by atoms with E-state index in [4.69, 9.17) is 9.47 Å². The van der Waals surface area contributed by atoms with Crippen molar-refractivity contribution in [2.24, 2.45) is 0 Å². The van der Waals surface area contributed by atoms with Crippen molar-refractivity contribution in [2.45, 2.75) is 20.0 Å². The molecule has 0 aliphatic carbocycles. The summed E-state index contributed by atoms with van der Waals surface area (Å²) in [6.45, 7) is 3.49. The number of fused-ring (bicyclic) bond motifs is 1. The Bertz CT molecular complexity index is 1060. The summed E-state index contributed by atoms with van der Waals surface area (Å²) in [6.07, 6.45) is 1.09. The van der Waals surface area contributed by atoms with Gasteiger partial charge in [0.05, 0.1) is 11.4 Å². The van der Waals surface area contributed by atoms with Crippen LogP contribution in [0.4, 0.5) is 11.4 Å². The first-order valence-corrected chi connectivity index (χ1v) is 9.15. The summed E-state index contributed by atoms with van der Waals surface area (Å²) in [5.41, 5.74) is 2.85. The van der Waals surface area contributed by atoms with E-state index in [1.54, 1.807) is 29.8 Å². The van der Waals surface area contributed by atoms with Crippen molar-refractivity contribution in [3.63, 3.8) is 0 Å². The van der Waals surface area contributed by atoms with Crippen LogP contribution in [-0.2, 0) is 9.59 Å². The molecule has 1 aliphatic rings. The molecule has 2 aromatic carbocycles. The molecule has 4 rings (SSSR count). The number of benzene rings is 2. The van der Waals surface area contributed by atoms with Gasteiger partial charge in [-0.1, -0.05) is 18.2 Å². The molecule has 1 aliphatic heterocycles. The van der Waals surface area contributed by atoms with Gasteiger partial charge in [-0.25, -0.2) is 4.68 Å². The van der Waals surface area contributed by atoms with E-state index in [2.05, 4.69) is 15.7 Å². The summed E-state index contributed by atoms with van der Waals surface area (Å²) in [6, 6.07) is 14.7. The predicted octanol–water partition coefficient (Wildman–Crippen LogP) is 2.92. The third-order valence-electron chi connectivity index (χ3n) is 4.41. The molecular formula is C21H20N4O4. The van der Waals surface area contributed by atoms with Crippen molar-refractivity contribution < 1.29 is 19.1 Å². The molecule has 148 valence electrons. The van der Waals surface area contributed by atoms with Crippen molar-refractivity contribution in [2.75, 3.05) is 17.2 Å². The number of rotatable bonds is 5. The molecule has 0 radical (unpaired) electrons. The lowest BCUT2D eigenvalue weighted by Crippen LogP contribution is -2.30. The largest absolute Gasteiger partial charge is 0.482 e. The lowest BCUT2D eigenvalue weighted by Gasteiger charge is -2.19. The van der Waals surface area contributed by atoms with E-state index in [0.29, 0.717) is 23.0 Å². The Morgan fingerprint density at radius 3 is 2.86 bits per heavy atom. The predicted molar refractivity (Wildman–Crippen MR) is 108 cm³/mol. The van der Waals surface area contributed by atoms with Gasteiger partial charge in [-0.3, -0.25) is 9.59 Å². The van der Waals surface area contributed by atoms with Crippen molar-refractivity contribution in [1.29, 1.82) is 0 Å². The summed E-state index contributed by atoms with van der Waals surface area (Å²) < 4.78 is 12.9. The second kappa shape index (κ2) is 7.67. The van der Waals surface area contributed by atoms with Gasteiger partial charge in [0.1, 0.15) is 5.75 Å². The third kappa shape index (κ3) is 4.06. The van der Waals surface area contributed by atoms with Crippen LogP contribution < -0.4 is 20.1 Å². The molecule has 0 fully saturated rings. The fourth-order valence-corrected chi connectivity index (χ4v) is 2.89. The average Bonchev–Trinajstić information content (AvgIpc) is 3.09. The Kier molecular flexibility index (Phi) is 4.90. The second-order valence-corrected chi connectivity index (χ2v) is 6.69. The molecule has 0 bridgehead atoms. The highest BCUT2D eigenvalue weighted by molar-refractivity contribution is 5.97. The summed E-state index contributed by atoms with van der Waals surface area (Å²) in [5, 5.41) is 9.92. The number of carbonyl (C=O) groups excluding carboxylic acids is 2. The van der Waals surface area contributed by atoms with Gasteiger partial charge >= 0.3 is 0 Å². The number of amides is 2. The van der Waals surface area contributed by atoms with Crippen molar-refractivity contribution in [1.82, 2.24) is 9.78 Å². The standard InChI is InChI=1S/C21H20N4O4/c1-13-11-25(16-6-4-3-5-7-16)24-21(13)29-14(2)20(27)22-15-8-9-17-18(10-15)28-12-19(26)23-17/h3-11,14H,12H2,1-2H3,(H,22,27)(H,23,26)/t14-/m1/s1. The van der Waals surface area contributed by atoms with Gasteiger partial charge in [0.25, 0.3) is 11.8 Å². The van der Waals surface area contributed by atoms with Gasteiger partial charge < -0.3 is 20.1 Å².